The van der Waals surface area contributed by atoms with E-state index in [1.807, 2.05) is 0 Å². The molecule has 0 aliphatic carbocycles. The molecule has 122 valence electrons. The summed E-state index contributed by atoms with van der Waals surface area (Å²) >= 11 is 0. The quantitative estimate of drug-likeness (QED) is 0.571. The minimum atomic E-state index is -2.23. The summed E-state index contributed by atoms with van der Waals surface area (Å²) in [6.07, 6.45) is -1.24. The molecule has 8 nitrogen and oxygen atoms in total. The number of alkyl halides is 1. The summed E-state index contributed by atoms with van der Waals surface area (Å²) < 4.78 is 20.8. The predicted molar refractivity (Wildman–Crippen MR) is 76.9 cm³/mol. The lowest BCUT2D eigenvalue weighted by molar-refractivity contribution is -0.0610. The number of aliphatic imine (C=N–C) groups is 1. The van der Waals surface area contributed by atoms with Crippen molar-refractivity contribution in [2.24, 2.45) is 4.99 Å². The molecule has 1 aliphatic rings. The summed E-state index contributed by atoms with van der Waals surface area (Å²) in [6, 6.07) is 1.43. The molecule has 1 aromatic rings. The van der Waals surface area contributed by atoms with Gasteiger partial charge in [0.15, 0.2) is 17.7 Å². The number of halogens is 1. The highest BCUT2D eigenvalue weighted by molar-refractivity contribution is 5.58. The molecule has 0 radical (unpaired) electrons. The highest BCUT2D eigenvalue weighted by atomic mass is 19.1. The Morgan fingerprint density at radius 1 is 1.64 bits per heavy atom. The van der Waals surface area contributed by atoms with E-state index in [1.54, 1.807) is 19.0 Å². The summed E-state index contributed by atoms with van der Waals surface area (Å²) in [5.74, 6) is 0.174. The molecule has 0 aromatic carbocycles. The molecule has 0 saturated carbocycles. The molecule has 0 amide bonds. The van der Waals surface area contributed by atoms with Gasteiger partial charge >= 0.3 is 5.69 Å². The van der Waals surface area contributed by atoms with E-state index in [0.29, 0.717) is 0 Å². The van der Waals surface area contributed by atoms with Crippen LogP contribution in [0.5, 0.6) is 0 Å². The van der Waals surface area contributed by atoms with Gasteiger partial charge in [-0.3, -0.25) is 4.57 Å². The van der Waals surface area contributed by atoms with Crippen LogP contribution in [0, 0.1) is 0 Å². The Balaban J connectivity index is 2.32. The van der Waals surface area contributed by atoms with Gasteiger partial charge in [0.1, 0.15) is 12.2 Å². The van der Waals surface area contributed by atoms with Gasteiger partial charge in [0.05, 0.1) is 12.9 Å². The topological polar surface area (TPSA) is 100 Å². The van der Waals surface area contributed by atoms with E-state index in [4.69, 9.17) is 9.84 Å². The number of nitrogens with zero attached hydrogens (tertiary/aromatic N) is 4. The van der Waals surface area contributed by atoms with Gasteiger partial charge < -0.3 is 19.8 Å². The lowest BCUT2D eigenvalue weighted by atomic mass is 9.98. The molecule has 1 aliphatic heterocycles. The minimum absolute atomic E-state index is 0.174. The maximum atomic E-state index is 14.6. The number of hydrogen-bond acceptors (Lipinski definition) is 6. The van der Waals surface area contributed by atoms with E-state index in [1.165, 1.54) is 18.6 Å². The summed E-state index contributed by atoms with van der Waals surface area (Å²) in [5.41, 5.74) is -2.99. The van der Waals surface area contributed by atoms with Crippen LogP contribution in [0.1, 0.15) is 13.2 Å². The lowest BCUT2D eigenvalue weighted by Gasteiger charge is -2.24. The maximum absolute atomic E-state index is 14.6. The zero-order chi connectivity index (χ0) is 16.5. The first-order valence-corrected chi connectivity index (χ1v) is 6.70. The highest BCUT2D eigenvalue weighted by Crippen LogP contribution is 2.40. The smallest absolute Gasteiger partial charge is 0.351 e. The molecule has 0 bridgehead atoms. The molecular formula is C13H19FN4O4. The van der Waals surface area contributed by atoms with E-state index < -0.39 is 36.4 Å². The van der Waals surface area contributed by atoms with Crippen LogP contribution in [0.25, 0.3) is 0 Å². The first kappa shape index (κ1) is 16.5. The summed E-state index contributed by atoms with van der Waals surface area (Å²) in [6.45, 7) is 0.563. The van der Waals surface area contributed by atoms with Crippen LogP contribution < -0.4 is 5.69 Å². The number of aliphatic hydroxyl groups excluding tert-OH is 2. The first-order valence-electron chi connectivity index (χ1n) is 6.70. The summed E-state index contributed by atoms with van der Waals surface area (Å²) in [7, 11) is 3.53. The van der Waals surface area contributed by atoms with Crippen molar-refractivity contribution in [3.05, 3.63) is 22.7 Å². The molecule has 1 fully saturated rings. The molecule has 1 aromatic heterocycles. The standard InChI is InChI=1S/C13H19FN4O4/c1-13(14)10(20)8(6-19)22-11(13)18-5-4-9(16-12(18)21)15-7-17(2)3/h4-5,7-8,10-11,19-20H,6H2,1-3H3/b15-7+/t8?,10-,11-,13-/m1/s1. The number of aliphatic hydroxyl groups is 2. The zero-order valence-corrected chi connectivity index (χ0v) is 12.5. The molecule has 22 heavy (non-hydrogen) atoms. The van der Waals surface area contributed by atoms with E-state index in [-0.39, 0.29) is 5.82 Å². The second-order valence-corrected chi connectivity index (χ2v) is 5.49. The molecule has 1 saturated heterocycles. The van der Waals surface area contributed by atoms with Crippen molar-refractivity contribution in [3.63, 3.8) is 0 Å². The van der Waals surface area contributed by atoms with Gasteiger partial charge in [-0.2, -0.15) is 4.98 Å². The number of rotatable bonds is 4. The average molecular weight is 314 g/mol. The number of aromatic nitrogens is 2. The third-order valence-corrected chi connectivity index (χ3v) is 3.39. The van der Waals surface area contributed by atoms with Crippen molar-refractivity contribution in [1.29, 1.82) is 0 Å². The molecule has 1 unspecified atom stereocenters. The molecule has 2 heterocycles. The van der Waals surface area contributed by atoms with Crippen LogP contribution in [-0.4, -0.2) is 69.6 Å². The van der Waals surface area contributed by atoms with Gasteiger partial charge in [-0.1, -0.05) is 0 Å². The Morgan fingerprint density at radius 3 is 2.82 bits per heavy atom. The van der Waals surface area contributed by atoms with Crippen molar-refractivity contribution in [3.8, 4) is 0 Å². The second-order valence-electron chi connectivity index (χ2n) is 5.49. The molecule has 2 rings (SSSR count). The third kappa shape index (κ3) is 3.01. The molecule has 2 N–H and O–H groups in total. The Bertz CT molecular complexity index is 616. The highest BCUT2D eigenvalue weighted by Gasteiger charge is 2.55. The number of hydrogen-bond donors (Lipinski definition) is 2. The van der Waals surface area contributed by atoms with E-state index in [2.05, 4.69) is 9.98 Å². The van der Waals surface area contributed by atoms with Gasteiger partial charge in [-0.15, -0.1) is 0 Å². The maximum Gasteiger partial charge on any atom is 0.351 e. The van der Waals surface area contributed by atoms with E-state index >= 15 is 0 Å². The summed E-state index contributed by atoms with van der Waals surface area (Å²) in [4.78, 5) is 21.4. The SMILES string of the molecule is CN(C)/C=N/c1ccn([C@@H]2OC(CO)[C@@H](O)[C@@]2(C)F)c(=O)n1. The van der Waals surface area contributed by atoms with Gasteiger partial charge in [0, 0.05) is 20.3 Å². The average Bonchev–Trinajstić information content (AvgIpc) is 2.68. The molecule has 0 spiro atoms. The normalized spacial score (nSPS) is 31.8. The lowest BCUT2D eigenvalue weighted by Crippen LogP contribution is -2.42. The van der Waals surface area contributed by atoms with Crippen LogP contribution in [-0.2, 0) is 4.74 Å². The summed E-state index contributed by atoms with van der Waals surface area (Å²) in [5, 5.41) is 18.9. The molecule has 4 atom stereocenters. The second kappa shape index (κ2) is 6.11. The van der Waals surface area contributed by atoms with Crippen molar-refractivity contribution < 1.29 is 19.3 Å². The van der Waals surface area contributed by atoms with Crippen molar-refractivity contribution in [2.45, 2.75) is 31.0 Å². The van der Waals surface area contributed by atoms with Gasteiger partial charge in [0.2, 0.25) is 0 Å². The van der Waals surface area contributed by atoms with E-state index in [9.17, 15) is 14.3 Å². The largest absolute Gasteiger partial charge is 0.394 e. The molecule has 9 heteroatoms. The Labute approximate surface area is 126 Å². The fourth-order valence-corrected chi connectivity index (χ4v) is 2.19. The van der Waals surface area contributed by atoms with E-state index in [0.717, 1.165) is 11.5 Å². The zero-order valence-electron chi connectivity index (χ0n) is 12.5. The van der Waals surface area contributed by atoms with Crippen LogP contribution >= 0.6 is 0 Å². The van der Waals surface area contributed by atoms with Gasteiger partial charge in [0.25, 0.3) is 0 Å². The monoisotopic (exact) mass is 314 g/mol. The third-order valence-electron chi connectivity index (χ3n) is 3.39. The molecular weight excluding hydrogens is 295 g/mol. The van der Waals surface area contributed by atoms with Crippen molar-refractivity contribution in [2.75, 3.05) is 20.7 Å². The van der Waals surface area contributed by atoms with Gasteiger partial charge in [-0.25, -0.2) is 14.2 Å². The first-order chi connectivity index (χ1) is 10.3. The van der Waals surface area contributed by atoms with Crippen LogP contribution in [0.3, 0.4) is 0 Å². The Morgan fingerprint density at radius 2 is 2.32 bits per heavy atom. The minimum Gasteiger partial charge on any atom is -0.394 e. The van der Waals surface area contributed by atoms with Crippen molar-refractivity contribution >= 4 is 12.2 Å². The van der Waals surface area contributed by atoms with Gasteiger partial charge in [-0.05, 0) is 13.0 Å². The van der Waals surface area contributed by atoms with Crippen LogP contribution in [0.15, 0.2) is 22.1 Å². The fourth-order valence-electron chi connectivity index (χ4n) is 2.19. The Kier molecular flexibility index (Phi) is 4.59. The number of ether oxygens (including phenoxy) is 1. The van der Waals surface area contributed by atoms with Crippen molar-refractivity contribution in [1.82, 2.24) is 14.5 Å². The Hall–Kier alpha value is -1.84. The van der Waals surface area contributed by atoms with Crippen LogP contribution in [0.4, 0.5) is 10.2 Å². The fraction of sp³-hybridized carbons (Fsp3) is 0.615. The van der Waals surface area contributed by atoms with Crippen LogP contribution in [0.2, 0.25) is 0 Å². The predicted octanol–water partition coefficient (Wildman–Crippen LogP) is -0.556.